The lowest BCUT2D eigenvalue weighted by molar-refractivity contribution is -0.00887. The molecule has 0 bridgehead atoms. The molecule has 3 fully saturated rings. The van der Waals surface area contributed by atoms with Gasteiger partial charge in [0.25, 0.3) is 0 Å². The summed E-state index contributed by atoms with van der Waals surface area (Å²) < 4.78 is 10.9. The number of carbonyl (C=O) groups is 2. The molecular formula is C28H43ClN4O4. The number of ether oxygens (including phenoxy) is 2. The van der Waals surface area contributed by atoms with Gasteiger partial charge in [0.2, 0.25) is 0 Å². The van der Waals surface area contributed by atoms with Gasteiger partial charge in [0.05, 0.1) is 19.8 Å². The van der Waals surface area contributed by atoms with Gasteiger partial charge in [0.15, 0.2) is 0 Å². The van der Waals surface area contributed by atoms with Crippen LogP contribution in [0, 0.1) is 17.8 Å². The summed E-state index contributed by atoms with van der Waals surface area (Å²) in [7, 11) is 1.34. The van der Waals surface area contributed by atoms with E-state index in [9.17, 15) is 9.59 Å². The third-order valence-corrected chi connectivity index (χ3v) is 8.54. The molecule has 1 aliphatic carbocycles. The highest BCUT2D eigenvalue weighted by Crippen LogP contribution is 2.36. The summed E-state index contributed by atoms with van der Waals surface area (Å²) in [5, 5.41) is 10.2. The van der Waals surface area contributed by atoms with Gasteiger partial charge in [-0.25, -0.2) is 9.59 Å². The minimum absolute atomic E-state index is 0.0383. The molecule has 1 unspecified atom stereocenters. The van der Waals surface area contributed by atoms with Crippen molar-refractivity contribution in [3.05, 3.63) is 34.9 Å². The number of nitrogens with zero attached hydrogens (tertiary/aromatic N) is 1. The lowest BCUT2D eigenvalue weighted by Crippen LogP contribution is -2.57. The number of rotatable bonds is 8. The van der Waals surface area contributed by atoms with E-state index in [0.29, 0.717) is 30.6 Å². The number of benzene rings is 1. The summed E-state index contributed by atoms with van der Waals surface area (Å²) in [5.41, 5.74) is 0.992. The highest BCUT2D eigenvalue weighted by molar-refractivity contribution is 6.30. The Morgan fingerprint density at radius 3 is 2.78 bits per heavy atom. The standard InChI is InChI=1S/C28H43ClN4O4/c1-36-28(35)31-14-16-37-26(21-9-5-11-23(29)17-21)22-10-6-15-33(19-22)27(34)32-25-18-30-13-12-24(25)20-7-3-2-4-8-20/h5,9,11,17,20,22,24-26,30H,2-4,6-8,10,12-16,18-19H2,1H3,(H,31,35)(H,32,34)/t22-,24+,25-,26?/m1/s1. The second-order valence-corrected chi connectivity index (χ2v) is 11.2. The maximum Gasteiger partial charge on any atom is 0.406 e. The number of hydrogen-bond donors (Lipinski definition) is 3. The highest BCUT2D eigenvalue weighted by atomic mass is 35.5. The van der Waals surface area contributed by atoms with Crippen LogP contribution in [0.25, 0.3) is 0 Å². The molecule has 1 aromatic carbocycles. The largest absolute Gasteiger partial charge is 0.453 e. The van der Waals surface area contributed by atoms with Gasteiger partial charge in [-0.3, -0.25) is 0 Å². The van der Waals surface area contributed by atoms with Gasteiger partial charge in [0.1, 0.15) is 0 Å². The summed E-state index contributed by atoms with van der Waals surface area (Å²) in [6, 6.07) is 7.95. The van der Waals surface area contributed by atoms with E-state index in [1.165, 1.54) is 39.2 Å². The average Bonchev–Trinajstić information content (AvgIpc) is 2.93. The molecule has 3 N–H and O–H groups in total. The molecule has 2 saturated heterocycles. The molecule has 8 nitrogen and oxygen atoms in total. The average molecular weight is 535 g/mol. The van der Waals surface area contributed by atoms with Crippen molar-refractivity contribution in [2.45, 2.75) is 63.5 Å². The van der Waals surface area contributed by atoms with E-state index in [2.05, 4.69) is 20.7 Å². The number of nitrogens with one attached hydrogen (secondary N) is 3. The number of hydrogen-bond acceptors (Lipinski definition) is 5. The maximum atomic E-state index is 13.5. The summed E-state index contributed by atoms with van der Waals surface area (Å²) in [6.07, 6.45) is 8.91. The number of amides is 3. The van der Waals surface area contributed by atoms with Crippen LogP contribution >= 0.6 is 11.6 Å². The van der Waals surface area contributed by atoms with Crippen molar-refractivity contribution in [3.8, 4) is 0 Å². The van der Waals surface area contributed by atoms with E-state index in [1.54, 1.807) is 0 Å². The Kier molecular flexibility index (Phi) is 10.8. The predicted octanol–water partition coefficient (Wildman–Crippen LogP) is 4.73. The Morgan fingerprint density at radius 2 is 2.00 bits per heavy atom. The smallest absolute Gasteiger partial charge is 0.406 e. The van der Waals surface area contributed by atoms with Crippen molar-refractivity contribution in [3.63, 3.8) is 0 Å². The van der Waals surface area contributed by atoms with Gasteiger partial charge >= 0.3 is 12.1 Å². The lowest BCUT2D eigenvalue weighted by atomic mass is 9.74. The Labute approximate surface area is 226 Å². The Morgan fingerprint density at radius 1 is 1.16 bits per heavy atom. The summed E-state index contributed by atoms with van der Waals surface area (Å²) in [6.45, 7) is 3.96. The van der Waals surface area contributed by atoms with Crippen LogP contribution in [-0.4, -0.2) is 69.5 Å². The summed E-state index contributed by atoms with van der Waals surface area (Å²) in [4.78, 5) is 26.9. The Hall–Kier alpha value is -2.03. The van der Waals surface area contributed by atoms with E-state index >= 15 is 0 Å². The molecule has 2 aliphatic heterocycles. The normalized spacial score (nSPS) is 25.8. The van der Waals surface area contributed by atoms with Gasteiger partial charge in [-0.2, -0.15) is 0 Å². The molecule has 2 heterocycles. The predicted molar refractivity (Wildman–Crippen MR) is 145 cm³/mol. The zero-order chi connectivity index (χ0) is 26.0. The minimum atomic E-state index is -0.479. The quantitative estimate of drug-likeness (QED) is 0.419. The van der Waals surface area contributed by atoms with Crippen LogP contribution in [0.4, 0.5) is 9.59 Å². The number of urea groups is 1. The van der Waals surface area contributed by atoms with Crippen molar-refractivity contribution in [1.29, 1.82) is 0 Å². The minimum Gasteiger partial charge on any atom is -0.453 e. The van der Waals surface area contributed by atoms with Crippen molar-refractivity contribution >= 4 is 23.7 Å². The number of halogens is 1. The van der Waals surface area contributed by atoms with Crippen molar-refractivity contribution in [1.82, 2.24) is 20.9 Å². The van der Waals surface area contributed by atoms with Crippen LogP contribution in [0.15, 0.2) is 24.3 Å². The van der Waals surface area contributed by atoms with Gasteiger partial charge in [0, 0.05) is 43.2 Å². The van der Waals surface area contributed by atoms with E-state index in [0.717, 1.165) is 50.4 Å². The summed E-state index contributed by atoms with van der Waals surface area (Å²) in [5.74, 6) is 1.43. The zero-order valence-corrected chi connectivity index (χ0v) is 22.8. The van der Waals surface area contributed by atoms with Crippen LogP contribution in [0.5, 0.6) is 0 Å². The molecule has 206 valence electrons. The van der Waals surface area contributed by atoms with E-state index in [4.69, 9.17) is 16.3 Å². The highest BCUT2D eigenvalue weighted by Gasteiger charge is 2.36. The lowest BCUT2D eigenvalue weighted by Gasteiger charge is -2.42. The van der Waals surface area contributed by atoms with Crippen molar-refractivity contribution < 1.29 is 19.1 Å². The molecule has 37 heavy (non-hydrogen) atoms. The second kappa shape index (κ2) is 14.2. The van der Waals surface area contributed by atoms with Crippen LogP contribution < -0.4 is 16.0 Å². The molecule has 0 aromatic heterocycles. The van der Waals surface area contributed by atoms with Crippen molar-refractivity contribution in [2.75, 3.05) is 46.4 Å². The molecule has 0 spiro atoms. The number of piperidine rings is 2. The maximum absolute atomic E-state index is 13.5. The fourth-order valence-electron chi connectivity index (χ4n) is 6.45. The topological polar surface area (TPSA) is 91.9 Å². The molecule has 3 aliphatic rings. The molecule has 1 saturated carbocycles. The van der Waals surface area contributed by atoms with E-state index in [1.807, 2.05) is 29.2 Å². The van der Waals surface area contributed by atoms with Gasteiger partial charge in [-0.15, -0.1) is 0 Å². The summed E-state index contributed by atoms with van der Waals surface area (Å²) >= 11 is 6.31. The molecule has 1 aromatic rings. The molecule has 0 radical (unpaired) electrons. The molecule has 4 rings (SSSR count). The second-order valence-electron chi connectivity index (χ2n) is 10.7. The molecular weight excluding hydrogens is 492 g/mol. The van der Waals surface area contributed by atoms with Gasteiger partial charge in [-0.05, 0) is 55.3 Å². The fourth-order valence-corrected chi connectivity index (χ4v) is 6.65. The number of carbonyl (C=O) groups excluding carboxylic acids is 2. The third-order valence-electron chi connectivity index (χ3n) is 8.30. The first-order valence-electron chi connectivity index (χ1n) is 14.0. The van der Waals surface area contributed by atoms with Gasteiger partial charge in [-0.1, -0.05) is 55.8 Å². The third kappa shape index (κ3) is 7.98. The van der Waals surface area contributed by atoms with Crippen LogP contribution in [0.3, 0.4) is 0 Å². The number of alkyl carbamates (subject to hydrolysis) is 1. The first-order valence-corrected chi connectivity index (χ1v) is 14.4. The van der Waals surface area contributed by atoms with Crippen LogP contribution in [0.1, 0.15) is 63.0 Å². The first kappa shape index (κ1) is 28.0. The fraction of sp³-hybridized carbons (Fsp3) is 0.714. The van der Waals surface area contributed by atoms with Crippen molar-refractivity contribution in [2.24, 2.45) is 17.8 Å². The van der Waals surface area contributed by atoms with Crippen LogP contribution in [-0.2, 0) is 9.47 Å². The Bertz CT molecular complexity index is 881. The monoisotopic (exact) mass is 534 g/mol. The molecule has 3 amide bonds. The van der Waals surface area contributed by atoms with E-state index in [-0.39, 0.29) is 24.1 Å². The van der Waals surface area contributed by atoms with Gasteiger partial charge < -0.3 is 30.3 Å². The molecule has 4 atom stereocenters. The van der Waals surface area contributed by atoms with Crippen LogP contribution in [0.2, 0.25) is 5.02 Å². The first-order chi connectivity index (χ1) is 18.0. The SMILES string of the molecule is COC(=O)NCCOC(c1cccc(Cl)c1)[C@@H]1CCCN(C(=O)N[C@@H]2CNCC[C@H]2C2CCCCC2)C1. The number of likely N-dealkylation sites (tertiary alicyclic amines) is 1. The zero-order valence-electron chi connectivity index (χ0n) is 22.1. The number of methoxy groups -OCH3 is 1. The van der Waals surface area contributed by atoms with E-state index < -0.39 is 6.09 Å². The Balaban J connectivity index is 1.38. The molecule has 9 heteroatoms.